The van der Waals surface area contributed by atoms with Crippen LogP contribution in [0.3, 0.4) is 0 Å². The van der Waals surface area contributed by atoms with E-state index in [4.69, 9.17) is 5.11 Å². The molecule has 0 radical (unpaired) electrons. The zero-order valence-corrected chi connectivity index (χ0v) is 8.45. The van der Waals surface area contributed by atoms with Gasteiger partial charge in [-0.05, 0) is 17.7 Å². The molecule has 0 unspecified atom stereocenters. The lowest BCUT2D eigenvalue weighted by molar-refractivity contribution is -0.119. The minimum absolute atomic E-state index is 0.0991. The van der Waals surface area contributed by atoms with Crippen molar-refractivity contribution in [3.8, 4) is 11.5 Å². The van der Waals surface area contributed by atoms with Crippen LogP contribution in [-0.2, 0) is 11.3 Å². The van der Waals surface area contributed by atoms with Crippen LogP contribution in [0.5, 0.6) is 11.5 Å². The molecule has 1 aromatic carbocycles. The summed E-state index contributed by atoms with van der Waals surface area (Å²) in [5.41, 5.74) is 0.800. The number of nitrogens with one attached hydrogen (secondary N) is 2. The van der Waals surface area contributed by atoms with Gasteiger partial charge in [-0.15, -0.1) is 0 Å². The molecule has 1 rings (SSSR count). The fourth-order valence-electron chi connectivity index (χ4n) is 1.09. The highest BCUT2D eigenvalue weighted by Crippen LogP contribution is 2.24. The number of amides is 1. The van der Waals surface area contributed by atoms with E-state index in [2.05, 4.69) is 10.6 Å². The Hall–Kier alpha value is -1.75. The average molecular weight is 210 g/mol. The van der Waals surface area contributed by atoms with Crippen LogP contribution in [0.4, 0.5) is 0 Å². The van der Waals surface area contributed by atoms with Gasteiger partial charge in [-0.25, -0.2) is 0 Å². The van der Waals surface area contributed by atoms with Crippen molar-refractivity contribution in [3.05, 3.63) is 23.8 Å². The molecule has 82 valence electrons. The second-order valence-corrected chi connectivity index (χ2v) is 3.10. The molecular formula is C10H14N2O3. The first-order chi connectivity index (χ1) is 7.13. The average Bonchev–Trinajstić information content (AvgIpc) is 2.23. The molecule has 0 bridgehead atoms. The number of rotatable bonds is 4. The van der Waals surface area contributed by atoms with Crippen molar-refractivity contribution in [2.45, 2.75) is 6.54 Å². The Morgan fingerprint density at radius 1 is 1.33 bits per heavy atom. The van der Waals surface area contributed by atoms with Crippen LogP contribution in [0.1, 0.15) is 5.56 Å². The van der Waals surface area contributed by atoms with Gasteiger partial charge < -0.3 is 20.8 Å². The predicted octanol–water partition coefficient (Wildman–Crippen LogP) is -0.0666. The first-order valence-electron chi connectivity index (χ1n) is 4.55. The van der Waals surface area contributed by atoms with Gasteiger partial charge in [0.2, 0.25) is 5.91 Å². The van der Waals surface area contributed by atoms with E-state index in [9.17, 15) is 9.90 Å². The van der Waals surface area contributed by atoms with E-state index in [-0.39, 0.29) is 24.0 Å². The Bertz CT molecular complexity index is 353. The molecule has 0 aliphatic rings. The number of phenols is 2. The van der Waals surface area contributed by atoms with Crippen molar-refractivity contribution in [2.75, 3.05) is 13.6 Å². The molecule has 5 heteroatoms. The van der Waals surface area contributed by atoms with Gasteiger partial charge in [0.05, 0.1) is 6.54 Å². The third-order valence-corrected chi connectivity index (χ3v) is 1.93. The lowest BCUT2D eigenvalue weighted by atomic mass is 10.2. The molecule has 0 atom stereocenters. The van der Waals surface area contributed by atoms with Crippen LogP contribution in [-0.4, -0.2) is 29.7 Å². The van der Waals surface area contributed by atoms with Crippen molar-refractivity contribution in [3.63, 3.8) is 0 Å². The van der Waals surface area contributed by atoms with Crippen LogP contribution < -0.4 is 10.6 Å². The number of hydrogen-bond donors (Lipinski definition) is 4. The highest BCUT2D eigenvalue weighted by molar-refractivity contribution is 5.77. The van der Waals surface area contributed by atoms with E-state index < -0.39 is 0 Å². The minimum Gasteiger partial charge on any atom is -0.504 e. The van der Waals surface area contributed by atoms with E-state index in [1.165, 1.54) is 12.1 Å². The summed E-state index contributed by atoms with van der Waals surface area (Å²) in [6.07, 6.45) is 0. The fourth-order valence-corrected chi connectivity index (χ4v) is 1.09. The number of aromatic hydroxyl groups is 2. The van der Waals surface area contributed by atoms with Crippen LogP contribution >= 0.6 is 0 Å². The number of benzene rings is 1. The molecule has 5 nitrogen and oxygen atoms in total. The van der Waals surface area contributed by atoms with Gasteiger partial charge in [0.1, 0.15) is 0 Å². The van der Waals surface area contributed by atoms with Crippen LogP contribution in [0, 0.1) is 0 Å². The van der Waals surface area contributed by atoms with E-state index in [0.717, 1.165) is 5.56 Å². The molecule has 1 aromatic rings. The third-order valence-electron chi connectivity index (χ3n) is 1.93. The van der Waals surface area contributed by atoms with E-state index >= 15 is 0 Å². The van der Waals surface area contributed by atoms with E-state index in [1.54, 1.807) is 13.1 Å². The van der Waals surface area contributed by atoms with Crippen molar-refractivity contribution in [1.82, 2.24) is 10.6 Å². The molecule has 4 N–H and O–H groups in total. The molecule has 1 amide bonds. The maximum atomic E-state index is 10.9. The highest BCUT2D eigenvalue weighted by atomic mass is 16.3. The quantitative estimate of drug-likeness (QED) is 0.524. The monoisotopic (exact) mass is 210 g/mol. The maximum absolute atomic E-state index is 10.9. The molecule has 0 aromatic heterocycles. The van der Waals surface area contributed by atoms with Crippen LogP contribution in [0.15, 0.2) is 18.2 Å². The largest absolute Gasteiger partial charge is 0.504 e. The standard InChI is InChI=1S/C10H14N2O3/c1-11-10(15)6-12-5-7-2-3-8(13)9(14)4-7/h2-4,12-14H,5-6H2,1H3,(H,11,15). The Kier molecular flexibility index (Phi) is 3.93. The second-order valence-electron chi connectivity index (χ2n) is 3.10. The van der Waals surface area contributed by atoms with Crippen molar-refractivity contribution in [1.29, 1.82) is 0 Å². The molecule has 0 saturated carbocycles. The SMILES string of the molecule is CNC(=O)CNCc1ccc(O)c(O)c1. The summed E-state index contributed by atoms with van der Waals surface area (Å²) in [5.74, 6) is -0.405. The molecule has 15 heavy (non-hydrogen) atoms. The molecule has 0 saturated heterocycles. The fraction of sp³-hybridized carbons (Fsp3) is 0.300. The summed E-state index contributed by atoms with van der Waals surface area (Å²) in [7, 11) is 1.57. The number of hydrogen-bond acceptors (Lipinski definition) is 4. The Balaban J connectivity index is 2.44. The molecule has 0 aliphatic carbocycles. The van der Waals surface area contributed by atoms with E-state index in [1.807, 2.05) is 0 Å². The summed E-state index contributed by atoms with van der Waals surface area (Å²) in [6.45, 7) is 0.680. The zero-order chi connectivity index (χ0) is 11.3. The van der Waals surface area contributed by atoms with Gasteiger partial charge in [0, 0.05) is 13.6 Å². The van der Waals surface area contributed by atoms with Crippen molar-refractivity contribution < 1.29 is 15.0 Å². The van der Waals surface area contributed by atoms with E-state index in [0.29, 0.717) is 6.54 Å². The number of carbonyl (C=O) groups excluding carboxylic acids is 1. The van der Waals surface area contributed by atoms with Gasteiger partial charge >= 0.3 is 0 Å². The summed E-state index contributed by atoms with van der Waals surface area (Å²) >= 11 is 0. The highest BCUT2D eigenvalue weighted by Gasteiger charge is 2.01. The first kappa shape index (κ1) is 11.3. The first-order valence-corrected chi connectivity index (χ1v) is 4.55. The lowest BCUT2D eigenvalue weighted by Gasteiger charge is -2.05. The number of phenolic OH excluding ortho intramolecular Hbond substituents is 2. The normalized spacial score (nSPS) is 9.93. The maximum Gasteiger partial charge on any atom is 0.233 e. The molecule has 0 aliphatic heterocycles. The zero-order valence-electron chi connectivity index (χ0n) is 8.45. The van der Waals surface area contributed by atoms with Crippen LogP contribution in [0.2, 0.25) is 0 Å². The van der Waals surface area contributed by atoms with Crippen molar-refractivity contribution >= 4 is 5.91 Å². The second kappa shape index (κ2) is 5.21. The van der Waals surface area contributed by atoms with Gasteiger partial charge in [-0.1, -0.05) is 6.07 Å². The van der Waals surface area contributed by atoms with Gasteiger partial charge in [-0.2, -0.15) is 0 Å². The van der Waals surface area contributed by atoms with Crippen LogP contribution in [0.25, 0.3) is 0 Å². The number of carbonyl (C=O) groups is 1. The number of likely N-dealkylation sites (N-methyl/N-ethyl adjacent to an activating group) is 1. The molecular weight excluding hydrogens is 196 g/mol. The molecule has 0 fully saturated rings. The summed E-state index contributed by atoms with van der Waals surface area (Å²) in [4.78, 5) is 10.9. The minimum atomic E-state index is -0.158. The summed E-state index contributed by atoms with van der Waals surface area (Å²) < 4.78 is 0. The topological polar surface area (TPSA) is 81.6 Å². The predicted molar refractivity (Wildman–Crippen MR) is 55.5 cm³/mol. The van der Waals surface area contributed by atoms with Gasteiger partial charge in [0.15, 0.2) is 11.5 Å². The Morgan fingerprint density at radius 2 is 2.07 bits per heavy atom. The summed E-state index contributed by atoms with van der Waals surface area (Å²) in [5, 5.41) is 23.6. The molecule has 0 heterocycles. The Morgan fingerprint density at radius 3 is 2.67 bits per heavy atom. The summed E-state index contributed by atoms with van der Waals surface area (Å²) in [6, 6.07) is 4.53. The molecule has 0 spiro atoms. The van der Waals surface area contributed by atoms with Gasteiger partial charge in [0.25, 0.3) is 0 Å². The van der Waals surface area contributed by atoms with Gasteiger partial charge in [-0.3, -0.25) is 4.79 Å². The smallest absolute Gasteiger partial charge is 0.233 e. The third kappa shape index (κ3) is 3.47. The Labute approximate surface area is 87.7 Å². The van der Waals surface area contributed by atoms with Crippen molar-refractivity contribution in [2.24, 2.45) is 0 Å². The lowest BCUT2D eigenvalue weighted by Crippen LogP contribution is -2.30.